The maximum absolute atomic E-state index is 12.9. The summed E-state index contributed by atoms with van der Waals surface area (Å²) in [6.07, 6.45) is 2.45. The van der Waals surface area contributed by atoms with E-state index in [-0.39, 0.29) is 18.4 Å². The number of hydrogen-bond acceptors (Lipinski definition) is 4. The normalized spacial score (nSPS) is 19.1. The first kappa shape index (κ1) is 19.6. The molecule has 142 valence electrons. The Bertz CT molecular complexity index is 850. The number of rotatable bonds is 6. The lowest BCUT2D eigenvalue weighted by molar-refractivity contribution is -0.425. The van der Waals surface area contributed by atoms with Crippen LogP contribution < -0.4 is 5.32 Å². The SMILES string of the molecule is CC(C)CCN1C(=O)C2SC=CC2=[N+](CC(=O)Nc2ccccc2Cl)C1=O. The number of imide groups is 1. The number of amides is 4. The van der Waals surface area contributed by atoms with Crippen LogP contribution in [0.4, 0.5) is 10.5 Å². The van der Waals surface area contributed by atoms with Gasteiger partial charge in [-0.25, -0.2) is 4.79 Å². The molecule has 0 aliphatic carbocycles. The molecule has 27 heavy (non-hydrogen) atoms. The number of para-hydroxylation sites is 1. The highest BCUT2D eigenvalue weighted by Gasteiger charge is 2.49. The number of allylic oxidation sites excluding steroid dienone is 1. The van der Waals surface area contributed by atoms with E-state index in [0.717, 1.165) is 6.42 Å². The van der Waals surface area contributed by atoms with E-state index in [1.54, 1.807) is 35.7 Å². The molecule has 6 nitrogen and oxygen atoms in total. The molecule has 2 aliphatic heterocycles. The maximum atomic E-state index is 12.9. The lowest BCUT2D eigenvalue weighted by atomic mass is 10.1. The van der Waals surface area contributed by atoms with Gasteiger partial charge in [0, 0.05) is 0 Å². The second-order valence-electron chi connectivity index (χ2n) is 6.81. The minimum absolute atomic E-state index is 0.174. The zero-order valence-electron chi connectivity index (χ0n) is 15.1. The van der Waals surface area contributed by atoms with E-state index in [4.69, 9.17) is 11.6 Å². The number of urea groups is 1. The van der Waals surface area contributed by atoms with E-state index in [2.05, 4.69) is 5.32 Å². The van der Waals surface area contributed by atoms with Crippen LogP contribution in [0.3, 0.4) is 0 Å². The molecule has 4 amide bonds. The largest absolute Gasteiger partial charge is 0.501 e. The molecule has 0 spiro atoms. The van der Waals surface area contributed by atoms with Gasteiger partial charge in [0.15, 0.2) is 11.8 Å². The molecule has 1 aromatic carbocycles. The number of nitrogens with zero attached hydrogens (tertiary/aromatic N) is 2. The van der Waals surface area contributed by atoms with Gasteiger partial charge in [-0.3, -0.25) is 4.79 Å². The van der Waals surface area contributed by atoms with Crippen molar-refractivity contribution in [1.29, 1.82) is 0 Å². The van der Waals surface area contributed by atoms with Crippen molar-refractivity contribution >= 4 is 52.6 Å². The molecule has 1 atom stereocenters. The number of fused-ring (bicyclic) bond motifs is 1. The quantitative estimate of drug-likeness (QED) is 0.735. The van der Waals surface area contributed by atoms with Gasteiger partial charge in [0.1, 0.15) is 5.71 Å². The summed E-state index contributed by atoms with van der Waals surface area (Å²) < 4.78 is 1.38. The van der Waals surface area contributed by atoms with Crippen molar-refractivity contribution < 1.29 is 19.0 Å². The molecule has 0 saturated carbocycles. The Hall–Kier alpha value is -2.12. The Morgan fingerprint density at radius 2 is 2.07 bits per heavy atom. The summed E-state index contributed by atoms with van der Waals surface area (Å²) in [6, 6.07) is 6.45. The van der Waals surface area contributed by atoms with Gasteiger partial charge in [-0.1, -0.05) is 37.6 Å². The highest BCUT2D eigenvalue weighted by Crippen LogP contribution is 2.28. The average Bonchev–Trinajstić information content (AvgIpc) is 3.10. The first-order valence-electron chi connectivity index (χ1n) is 8.74. The average molecular weight is 407 g/mol. The van der Waals surface area contributed by atoms with Gasteiger partial charge < -0.3 is 5.32 Å². The standard InChI is InChI=1S/C19H20ClN3O3S/c1-12(2)7-9-22-18(25)17-15(8-10-27-17)23(19(22)26)11-16(24)21-14-6-4-3-5-13(14)20/h3-6,8,10,12,17H,7,9,11H2,1-2H3/p+1. The number of hydrogen-bond donors (Lipinski definition) is 1. The monoisotopic (exact) mass is 406 g/mol. The Labute approximate surface area is 167 Å². The smallest absolute Gasteiger partial charge is 0.321 e. The summed E-state index contributed by atoms with van der Waals surface area (Å²) in [5.41, 5.74) is 1.05. The second kappa shape index (κ2) is 8.27. The van der Waals surface area contributed by atoms with Crippen molar-refractivity contribution in [1.82, 2.24) is 4.90 Å². The van der Waals surface area contributed by atoms with Crippen LogP contribution in [0.25, 0.3) is 0 Å². The minimum atomic E-state index is -0.469. The van der Waals surface area contributed by atoms with Crippen molar-refractivity contribution in [3.63, 3.8) is 0 Å². The van der Waals surface area contributed by atoms with E-state index in [0.29, 0.717) is 28.9 Å². The predicted molar refractivity (Wildman–Crippen MR) is 107 cm³/mol. The van der Waals surface area contributed by atoms with Crippen molar-refractivity contribution in [2.75, 3.05) is 18.4 Å². The van der Waals surface area contributed by atoms with E-state index in [1.807, 2.05) is 13.8 Å². The lowest BCUT2D eigenvalue weighted by Crippen LogP contribution is -2.56. The van der Waals surface area contributed by atoms with Gasteiger partial charge in [0.05, 0.1) is 17.3 Å². The molecule has 1 N–H and O–H groups in total. The van der Waals surface area contributed by atoms with Gasteiger partial charge in [-0.15, -0.1) is 11.8 Å². The van der Waals surface area contributed by atoms with Crippen LogP contribution in [-0.2, 0) is 9.59 Å². The molecule has 0 saturated heterocycles. The van der Waals surface area contributed by atoms with Crippen LogP contribution >= 0.6 is 23.4 Å². The Morgan fingerprint density at radius 3 is 2.78 bits per heavy atom. The van der Waals surface area contributed by atoms with Crippen LogP contribution in [0.5, 0.6) is 0 Å². The number of halogens is 1. The molecule has 2 heterocycles. The van der Waals surface area contributed by atoms with Crippen molar-refractivity contribution in [3.05, 3.63) is 40.8 Å². The maximum Gasteiger partial charge on any atom is 0.501 e. The fourth-order valence-electron chi connectivity index (χ4n) is 2.90. The van der Waals surface area contributed by atoms with Crippen molar-refractivity contribution in [3.8, 4) is 0 Å². The van der Waals surface area contributed by atoms with E-state index < -0.39 is 11.3 Å². The molecule has 3 rings (SSSR count). The zero-order valence-corrected chi connectivity index (χ0v) is 16.7. The van der Waals surface area contributed by atoms with Gasteiger partial charge in [0.2, 0.25) is 0 Å². The summed E-state index contributed by atoms with van der Waals surface area (Å²) in [7, 11) is 0. The highest BCUT2D eigenvalue weighted by molar-refractivity contribution is 8.04. The summed E-state index contributed by atoms with van der Waals surface area (Å²) >= 11 is 7.43. The summed E-state index contributed by atoms with van der Waals surface area (Å²) in [5.74, 6) is -0.220. The van der Waals surface area contributed by atoms with Gasteiger partial charge >= 0.3 is 11.9 Å². The van der Waals surface area contributed by atoms with Gasteiger partial charge in [-0.05, 0) is 36.0 Å². The number of carbonyl (C=O) groups excluding carboxylic acids is 3. The van der Waals surface area contributed by atoms with Crippen molar-refractivity contribution in [2.45, 2.75) is 25.5 Å². The molecular formula is C19H21ClN3O3S+. The molecule has 2 aliphatic rings. The first-order valence-corrected chi connectivity index (χ1v) is 10.1. The minimum Gasteiger partial charge on any atom is -0.321 e. The highest BCUT2D eigenvalue weighted by atomic mass is 35.5. The molecule has 1 aromatic rings. The van der Waals surface area contributed by atoms with Crippen LogP contribution in [-0.4, -0.2) is 51.4 Å². The molecule has 0 radical (unpaired) electrons. The van der Waals surface area contributed by atoms with Crippen LogP contribution in [0.2, 0.25) is 5.02 Å². The molecular weight excluding hydrogens is 386 g/mol. The third-order valence-corrected chi connectivity index (χ3v) is 5.70. The van der Waals surface area contributed by atoms with E-state index in [9.17, 15) is 14.4 Å². The number of nitrogens with one attached hydrogen (secondary N) is 1. The predicted octanol–water partition coefficient (Wildman–Crippen LogP) is 3.37. The Morgan fingerprint density at radius 1 is 1.33 bits per heavy atom. The molecule has 0 bridgehead atoms. The zero-order chi connectivity index (χ0) is 19.6. The van der Waals surface area contributed by atoms with Crippen LogP contribution in [0.15, 0.2) is 35.7 Å². The molecule has 8 heteroatoms. The number of thioether (sulfide) groups is 1. The Balaban J connectivity index is 1.81. The number of anilines is 1. The first-order chi connectivity index (χ1) is 12.9. The molecule has 0 fully saturated rings. The lowest BCUT2D eigenvalue weighted by Gasteiger charge is -2.24. The van der Waals surface area contributed by atoms with Gasteiger partial charge in [0.25, 0.3) is 5.91 Å². The Kier molecular flexibility index (Phi) is 6.01. The fourth-order valence-corrected chi connectivity index (χ4v) is 4.05. The van der Waals surface area contributed by atoms with E-state index in [1.165, 1.54) is 21.2 Å². The summed E-state index contributed by atoms with van der Waals surface area (Å²) in [6.45, 7) is 4.25. The topological polar surface area (TPSA) is 69.5 Å². The number of benzene rings is 1. The fraction of sp³-hybridized carbons (Fsp3) is 0.368. The van der Waals surface area contributed by atoms with E-state index >= 15 is 0 Å². The van der Waals surface area contributed by atoms with Crippen LogP contribution in [0.1, 0.15) is 20.3 Å². The summed E-state index contributed by atoms with van der Waals surface area (Å²) in [5, 5.41) is 4.46. The third kappa shape index (κ3) is 4.25. The van der Waals surface area contributed by atoms with Gasteiger partial charge in [-0.2, -0.15) is 14.3 Å². The number of carbonyl (C=O) groups is 3. The second-order valence-corrected chi connectivity index (χ2v) is 8.24. The third-order valence-electron chi connectivity index (χ3n) is 4.37. The van der Waals surface area contributed by atoms with Crippen molar-refractivity contribution in [2.24, 2.45) is 5.92 Å². The summed E-state index contributed by atoms with van der Waals surface area (Å²) in [4.78, 5) is 39.4. The molecule has 1 unspecified atom stereocenters. The molecule has 0 aromatic heterocycles. The van der Waals surface area contributed by atoms with Crippen LogP contribution in [0, 0.1) is 5.92 Å².